The molecule has 1 N–H and O–H groups in total. The van der Waals surface area contributed by atoms with Gasteiger partial charge in [0.25, 0.3) is 10.0 Å². The van der Waals surface area contributed by atoms with E-state index in [1.807, 2.05) is 56.3 Å². The first kappa shape index (κ1) is 22.7. The van der Waals surface area contributed by atoms with E-state index in [0.29, 0.717) is 11.6 Å². The second-order valence-electron chi connectivity index (χ2n) is 9.64. The first-order valence-corrected chi connectivity index (χ1v) is 13.7. The van der Waals surface area contributed by atoms with Crippen LogP contribution in [-0.4, -0.2) is 18.4 Å². The van der Waals surface area contributed by atoms with E-state index >= 15 is 0 Å². The Morgan fingerprint density at radius 1 is 0.917 bits per heavy atom. The zero-order chi connectivity index (χ0) is 24.9. The molecule has 0 spiro atoms. The van der Waals surface area contributed by atoms with Crippen molar-refractivity contribution in [3.05, 3.63) is 101 Å². The molecule has 0 saturated heterocycles. The molecule has 6 nitrogen and oxygen atoms in total. The van der Waals surface area contributed by atoms with Crippen molar-refractivity contribution in [2.45, 2.75) is 50.0 Å². The van der Waals surface area contributed by atoms with E-state index in [1.54, 1.807) is 12.1 Å². The van der Waals surface area contributed by atoms with Crippen molar-refractivity contribution in [2.24, 2.45) is 0 Å². The van der Waals surface area contributed by atoms with Crippen molar-refractivity contribution < 1.29 is 13.2 Å². The third-order valence-corrected chi connectivity index (χ3v) is 8.56. The molecular weight excluding hydrogens is 470 g/mol. The molecule has 6 bridgehead atoms. The van der Waals surface area contributed by atoms with Gasteiger partial charge in [-0.1, -0.05) is 54.6 Å². The number of benzene rings is 3. The maximum atomic E-state index is 13.4. The Balaban J connectivity index is 1.57. The largest absolute Gasteiger partial charge is 0.469 e. The third kappa shape index (κ3) is 4.13. The van der Waals surface area contributed by atoms with Gasteiger partial charge in [0, 0.05) is 11.6 Å². The van der Waals surface area contributed by atoms with Crippen LogP contribution in [0.3, 0.4) is 0 Å². The molecule has 3 aromatic carbocycles. The minimum atomic E-state index is -3.89. The standard InChI is InChI=1S/C29H27N3O3S/c1-18-7-5-8-19(2)28(18)25-17-27-31-29(30-25)32-36(33,34)23-11-6-10-21(15-23)22-14-13-20-9-3-4-12-24(20)26(16-22)35-27/h3-12,15,17,22,26H,13-14,16H2,1-2H3,(H,30,31,32). The molecule has 1 aliphatic carbocycles. The summed E-state index contributed by atoms with van der Waals surface area (Å²) >= 11 is 0. The maximum Gasteiger partial charge on any atom is 0.264 e. The van der Waals surface area contributed by atoms with Crippen LogP contribution >= 0.6 is 0 Å². The van der Waals surface area contributed by atoms with E-state index in [4.69, 9.17) is 4.74 Å². The molecule has 2 heterocycles. The second-order valence-corrected chi connectivity index (χ2v) is 11.3. The van der Waals surface area contributed by atoms with Crippen molar-refractivity contribution >= 4 is 16.0 Å². The Kier molecular flexibility index (Phi) is 5.52. The quantitative estimate of drug-likeness (QED) is 0.343. The van der Waals surface area contributed by atoms with Crippen molar-refractivity contribution in [3.63, 3.8) is 0 Å². The number of fused-ring (bicyclic) bond motifs is 9. The molecule has 182 valence electrons. The number of anilines is 1. The Morgan fingerprint density at radius 3 is 2.53 bits per heavy atom. The zero-order valence-corrected chi connectivity index (χ0v) is 21.0. The molecule has 0 radical (unpaired) electrons. The topological polar surface area (TPSA) is 81.2 Å². The van der Waals surface area contributed by atoms with Gasteiger partial charge in [0.2, 0.25) is 11.8 Å². The molecule has 0 amide bonds. The van der Waals surface area contributed by atoms with Gasteiger partial charge in [-0.25, -0.2) is 18.1 Å². The van der Waals surface area contributed by atoms with E-state index in [-0.39, 0.29) is 22.9 Å². The van der Waals surface area contributed by atoms with Gasteiger partial charge in [-0.2, -0.15) is 4.98 Å². The average Bonchev–Trinajstić information content (AvgIpc) is 3.03. The lowest BCUT2D eigenvalue weighted by molar-refractivity contribution is 0.178. The van der Waals surface area contributed by atoms with Crippen LogP contribution < -0.4 is 9.46 Å². The number of hydrogen-bond donors (Lipinski definition) is 1. The van der Waals surface area contributed by atoms with Gasteiger partial charge in [0.05, 0.1) is 10.6 Å². The first-order valence-electron chi connectivity index (χ1n) is 12.2. The summed E-state index contributed by atoms with van der Waals surface area (Å²) in [6.07, 6.45) is 2.32. The number of sulfonamides is 1. The van der Waals surface area contributed by atoms with Gasteiger partial charge in [-0.3, -0.25) is 0 Å². The van der Waals surface area contributed by atoms with E-state index in [1.165, 1.54) is 5.56 Å². The van der Waals surface area contributed by atoms with Gasteiger partial charge < -0.3 is 4.74 Å². The molecule has 6 rings (SSSR count). The minimum Gasteiger partial charge on any atom is -0.469 e. The molecule has 2 aliphatic rings. The SMILES string of the molecule is Cc1cccc(C)c1-c1cc2nc(n1)NS(=O)(=O)c1cccc(c1)C1CCc3ccccc3C(C1)O2. The van der Waals surface area contributed by atoms with Gasteiger partial charge in [0.1, 0.15) is 6.10 Å². The summed E-state index contributed by atoms with van der Waals surface area (Å²) in [7, 11) is -3.89. The molecule has 2 atom stereocenters. The monoisotopic (exact) mass is 497 g/mol. The minimum absolute atomic E-state index is 0.00501. The lowest BCUT2D eigenvalue weighted by atomic mass is 9.90. The van der Waals surface area contributed by atoms with E-state index < -0.39 is 10.0 Å². The van der Waals surface area contributed by atoms with Crippen LogP contribution in [0.15, 0.2) is 77.7 Å². The van der Waals surface area contributed by atoms with Crippen LogP contribution in [0, 0.1) is 13.8 Å². The van der Waals surface area contributed by atoms with E-state index in [2.05, 4.69) is 32.9 Å². The summed E-state index contributed by atoms with van der Waals surface area (Å²) in [4.78, 5) is 9.34. The van der Waals surface area contributed by atoms with Crippen LogP contribution in [0.4, 0.5) is 5.95 Å². The number of nitrogens with one attached hydrogen (secondary N) is 1. The summed E-state index contributed by atoms with van der Waals surface area (Å²) < 4.78 is 35.9. The number of nitrogens with zero attached hydrogens (tertiary/aromatic N) is 2. The molecule has 1 aliphatic heterocycles. The number of rotatable bonds is 1. The fourth-order valence-corrected chi connectivity index (χ4v) is 6.46. The summed E-state index contributed by atoms with van der Waals surface area (Å²) in [5, 5.41) is 0. The summed E-state index contributed by atoms with van der Waals surface area (Å²) in [6.45, 7) is 4.04. The first-order chi connectivity index (χ1) is 17.4. The number of aryl methyl sites for hydroxylation is 3. The Hall–Kier alpha value is -3.71. The van der Waals surface area contributed by atoms with Crippen LogP contribution in [-0.2, 0) is 16.4 Å². The predicted molar refractivity (Wildman–Crippen MR) is 140 cm³/mol. The molecular formula is C29H27N3O3S. The van der Waals surface area contributed by atoms with Crippen molar-refractivity contribution in [1.29, 1.82) is 0 Å². The van der Waals surface area contributed by atoms with Crippen molar-refractivity contribution in [2.75, 3.05) is 4.72 Å². The molecule has 36 heavy (non-hydrogen) atoms. The van der Waals surface area contributed by atoms with Crippen LogP contribution in [0.25, 0.3) is 11.3 Å². The summed E-state index contributed by atoms with van der Waals surface area (Å²) in [6, 6.07) is 23.5. The van der Waals surface area contributed by atoms with Crippen molar-refractivity contribution in [1.82, 2.24) is 9.97 Å². The molecule has 4 aromatic rings. The number of hydrogen-bond acceptors (Lipinski definition) is 5. The maximum absolute atomic E-state index is 13.4. The summed E-state index contributed by atoms with van der Waals surface area (Å²) in [5.41, 5.74) is 7.06. The van der Waals surface area contributed by atoms with E-state index in [0.717, 1.165) is 47.1 Å². The number of ether oxygens (including phenoxy) is 1. The summed E-state index contributed by atoms with van der Waals surface area (Å²) in [5.74, 6) is 0.496. The smallest absolute Gasteiger partial charge is 0.264 e. The van der Waals surface area contributed by atoms with Gasteiger partial charge in [-0.05, 0) is 79.0 Å². The molecule has 7 heteroatoms. The Morgan fingerprint density at radius 2 is 1.69 bits per heavy atom. The van der Waals surface area contributed by atoms with Crippen molar-refractivity contribution in [3.8, 4) is 17.1 Å². The second kappa shape index (κ2) is 8.75. The predicted octanol–water partition coefficient (Wildman–Crippen LogP) is 6.11. The molecule has 0 saturated carbocycles. The average molecular weight is 498 g/mol. The van der Waals surface area contributed by atoms with Gasteiger partial charge >= 0.3 is 0 Å². The zero-order valence-electron chi connectivity index (χ0n) is 20.2. The highest BCUT2D eigenvalue weighted by atomic mass is 32.2. The molecule has 0 fully saturated rings. The van der Waals surface area contributed by atoms with Crippen LogP contribution in [0.5, 0.6) is 5.88 Å². The fraction of sp³-hybridized carbons (Fsp3) is 0.241. The fourth-order valence-electron chi connectivity index (χ4n) is 5.46. The van der Waals surface area contributed by atoms with Crippen LogP contribution in [0.2, 0.25) is 0 Å². The van der Waals surface area contributed by atoms with Gasteiger partial charge in [-0.15, -0.1) is 0 Å². The lowest BCUT2D eigenvalue weighted by Gasteiger charge is -2.24. The van der Waals surface area contributed by atoms with E-state index in [9.17, 15) is 8.42 Å². The van der Waals surface area contributed by atoms with Crippen LogP contribution in [0.1, 0.15) is 52.7 Å². The normalized spacial score (nSPS) is 19.9. The highest BCUT2D eigenvalue weighted by molar-refractivity contribution is 7.92. The number of aromatic nitrogens is 2. The Bertz CT molecular complexity index is 1560. The molecule has 2 unspecified atom stereocenters. The highest BCUT2D eigenvalue weighted by Gasteiger charge is 2.29. The third-order valence-electron chi connectivity index (χ3n) is 7.23. The molecule has 1 aromatic heterocycles. The lowest BCUT2D eigenvalue weighted by Crippen LogP contribution is -2.18. The van der Waals surface area contributed by atoms with Gasteiger partial charge in [0.15, 0.2) is 0 Å². The Labute approximate surface area is 211 Å². The highest BCUT2D eigenvalue weighted by Crippen LogP contribution is 2.41.